The zero-order valence-electron chi connectivity index (χ0n) is 10.2. The third-order valence-corrected chi connectivity index (χ3v) is 3.44. The van der Waals surface area contributed by atoms with E-state index in [1.54, 1.807) is 0 Å². The van der Waals surface area contributed by atoms with Crippen molar-refractivity contribution in [2.24, 2.45) is 0 Å². The van der Waals surface area contributed by atoms with Crippen molar-refractivity contribution in [1.29, 1.82) is 0 Å². The fourth-order valence-corrected chi connectivity index (χ4v) is 1.67. The lowest BCUT2D eigenvalue weighted by Crippen LogP contribution is -1.86. The van der Waals surface area contributed by atoms with Crippen LogP contribution in [0.1, 0.15) is 25.0 Å². The first-order valence-corrected chi connectivity index (χ1v) is 5.99. The molecule has 1 atom stereocenters. The van der Waals surface area contributed by atoms with E-state index in [1.165, 1.54) is 22.0 Å². The van der Waals surface area contributed by atoms with Gasteiger partial charge in [-0.3, -0.25) is 0 Å². The minimum atomic E-state index is 1.07. The van der Waals surface area contributed by atoms with E-state index in [9.17, 15) is 0 Å². The first-order chi connectivity index (χ1) is 7.56. The maximum absolute atomic E-state index is 4.13. The molecule has 1 unspecified atom stereocenters. The van der Waals surface area contributed by atoms with Gasteiger partial charge in [-0.2, -0.15) is 0 Å². The molecule has 1 aromatic rings. The van der Waals surface area contributed by atoms with Crippen LogP contribution < -0.4 is 0 Å². The Hall–Kier alpha value is -1.13. The van der Waals surface area contributed by atoms with Gasteiger partial charge in [-0.15, -0.1) is 9.24 Å². The van der Waals surface area contributed by atoms with Crippen LogP contribution in [0.4, 0.5) is 0 Å². The van der Waals surface area contributed by atoms with Crippen molar-refractivity contribution in [1.82, 2.24) is 0 Å². The van der Waals surface area contributed by atoms with Gasteiger partial charge in [0.1, 0.15) is 0 Å². The van der Waals surface area contributed by atoms with Gasteiger partial charge in [0.25, 0.3) is 0 Å². The Kier molecular flexibility index (Phi) is 4.71. The van der Waals surface area contributed by atoms with Crippen LogP contribution in [0, 0.1) is 6.92 Å². The quantitative estimate of drug-likeness (QED) is 0.520. The van der Waals surface area contributed by atoms with E-state index >= 15 is 0 Å². The third-order valence-electron chi connectivity index (χ3n) is 2.65. The van der Waals surface area contributed by atoms with Crippen molar-refractivity contribution in [2.45, 2.75) is 20.8 Å². The van der Waals surface area contributed by atoms with Crippen molar-refractivity contribution in [3.05, 3.63) is 65.0 Å². The second-order valence-electron chi connectivity index (χ2n) is 3.91. The zero-order chi connectivity index (χ0) is 12.1. The van der Waals surface area contributed by atoms with Crippen molar-refractivity contribution < 1.29 is 0 Å². The molecule has 0 aliphatic rings. The summed E-state index contributed by atoms with van der Waals surface area (Å²) in [5, 5.41) is 1.22. The van der Waals surface area contributed by atoms with Crippen LogP contribution in [0.2, 0.25) is 0 Å². The summed E-state index contributed by atoms with van der Waals surface area (Å²) in [6, 6.07) is 8.32. The van der Waals surface area contributed by atoms with Crippen LogP contribution in [0.25, 0.3) is 5.57 Å². The van der Waals surface area contributed by atoms with E-state index in [1.807, 2.05) is 13.0 Å². The molecule has 16 heavy (non-hydrogen) atoms. The molecule has 0 heterocycles. The Balaban J connectivity index is 3.01. The largest absolute Gasteiger partial charge is 0.106 e. The Morgan fingerprint density at radius 3 is 2.50 bits per heavy atom. The van der Waals surface area contributed by atoms with Gasteiger partial charge >= 0.3 is 0 Å². The van der Waals surface area contributed by atoms with E-state index in [4.69, 9.17) is 0 Å². The van der Waals surface area contributed by atoms with Crippen molar-refractivity contribution >= 4 is 14.8 Å². The standard InChI is InChI=1S/C15H19P/c1-5-15(16)13(4)10-12(3)14-9-7-6-8-11(14)2/h5-10H,3,16H2,1-2,4H3/b13-10-,15-5+. The second-order valence-corrected chi connectivity index (χ2v) is 4.53. The first-order valence-electron chi connectivity index (χ1n) is 5.41. The third kappa shape index (κ3) is 3.18. The lowest BCUT2D eigenvalue weighted by Gasteiger charge is -2.07. The van der Waals surface area contributed by atoms with Gasteiger partial charge in [0, 0.05) is 0 Å². The molecule has 0 aliphatic carbocycles. The van der Waals surface area contributed by atoms with Crippen molar-refractivity contribution in [3.8, 4) is 0 Å². The summed E-state index contributed by atoms with van der Waals surface area (Å²) in [6.45, 7) is 10.4. The number of allylic oxidation sites excluding steroid dienone is 5. The lowest BCUT2D eigenvalue weighted by molar-refractivity contribution is 1.42. The minimum absolute atomic E-state index is 1.07. The van der Waals surface area contributed by atoms with Crippen molar-refractivity contribution in [3.63, 3.8) is 0 Å². The molecule has 0 fully saturated rings. The molecule has 1 heteroatoms. The predicted octanol–water partition coefficient (Wildman–Crippen LogP) is 4.73. The van der Waals surface area contributed by atoms with E-state index < -0.39 is 0 Å². The Morgan fingerprint density at radius 1 is 1.31 bits per heavy atom. The second kappa shape index (κ2) is 5.82. The van der Waals surface area contributed by atoms with E-state index in [0.717, 1.165) is 5.57 Å². The molecule has 0 aliphatic heterocycles. The molecular weight excluding hydrogens is 211 g/mol. The number of hydrogen-bond acceptors (Lipinski definition) is 0. The highest BCUT2D eigenvalue weighted by Crippen LogP contribution is 2.23. The maximum Gasteiger partial charge on any atom is -0.0161 e. The summed E-state index contributed by atoms with van der Waals surface area (Å²) in [4.78, 5) is 0. The molecule has 0 radical (unpaired) electrons. The van der Waals surface area contributed by atoms with Gasteiger partial charge in [-0.05, 0) is 48.4 Å². The molecular formula is C15H19P. The molecule has 0 saturated carbocycles. The van der Waals surface area contributed by atoms with Gasteiger partial charge in [-0.1, -0.05) is 43.0 Å². The molecule has 0 amide bonds. The zero-order valence-corrected chi connectivity index (χ0v) is 11.4. The average molecular weight is 230 g/mol. The molecule has 0 nitrogen and oxygen atoms in total. The van der Waals surface area contributed by atoms with Gasteiger partial charge in [0.2, 0.25) is 0 Å². The summed E-state index contributed by atoms with van der Waals surface area (Å²) in [5.41, 5.74) is 4.79. The number of benzene rings is 1. The van der Waals surface area contributed by atoms with E-state index in [-0.39, 0.29) is 0 Å². The molecule has 1 rings (SSSR count). The normalized spacial score (nSPS) is 12.8. The van der Waals surface area contributed by atoms with E-state index in [2.05, 4.69) is 60.0 Å². The Labute approximate surface area is 101 Å². The Bertz CT molecular complexity index is 450. The van der Waals surface area contributed by atoms with Crippen LogP contribution >= 0.6 is 9.24 Å². The lowest BCUT2D eigenvalue weighted by atomic mass is 10.00. The van der Waals surface area contributed by atoms with Crippen LogP contribution in [-0.2, 0) is 0 Å². The predicted molar refractivity (Wildman–Crippen MR) is 77.4 cm³/mol. The number of aryl methyl sites for hydroxylation is 1. The summed E-state index contributed by atoms with van der Waals surface area (Å²) in [5.74, 6) is 0. The highest BCUT2D eigenvalue weighted by molar-refractivity contribution is 7.23. The fourth-order valence-electron chi connectivity index (χ4n) is 1.58. The van der Waals surface area contributed by atoms with Gasteiger partial charge in [0.15, 0.2) is 0 Å². The van der Waals surface area contributed by atoms with Gasteiger partial charge < -0.3 is 0 Å². The summed E-state index contributed by atoms with van der Waals surface area (Å²) < 4.78 is 0. The molecule has 0 saturated heterocycles. The Morgan fingerprint density at radius 2 is 1.94 bits per heavy atom. The highest BCUT2D eigenvalue weighted by Gasteiger charge is 2.00. The SMILES string of the molecule is C=C(/C=C(C)\C(P)=C/C)c1ccccc1C. The minimum Gasteiger partial charge on any atom is -0.106 e. The van der Waals surface area contributed by atoms with E-state index in [0.29, 0.717) is 0 Å². The smallest absolute Gasteiger partial charge is 0.0161 e. The monoisotopic (exact) mass is 230 g/mol. The topological polar surface area (TPSA) is 0 Å². The molecule has 0 N–H and O–H groups in total. The average Bonchev–Trinajstić information content (AvgIpc) is 2.28. The van der Waals surface area contributed by atoms with Crippen LogP contribution in [0.5, 0.6) is 0 Å². The summed E-state index contributed by atoms with van der Waals surface area (Å²) in [7, 11) is 2.74. The number of hydrogen-bond donors (Lipinski definition) is 0. The van der Waals surface area contributed by atoms with Gasteiger partial charge in [0.05, 0.1) is 0 Å². The maximum atomic E-state index is 4.13. The molecule has 0 bridgehead atoms. The van der Waals surface area contributed by atoms with Crippen LogP contribution in [0.15, 0.2) is 53.9 Å². The first kappa shape index (κ1) is 12.9. The van der Waals surface area contributed by atoms with Crippen LogP contribution in [-0.4, -0.2) is 0 Å². The highest BCUT2D eigenvalue weighted by atomic mass is 31.0. The fraction of sp³-hybridized carbons (Fsp3) is 0.200. The van der Waals surface area contributed by atoms with Crippen LogP contribution in [0.3, 0.4) is 0 Å². The molecule has 1 aromatic carbocycles. The molecule has 0 spiro atoms. The molecule has 0 aromatic heterocycles. The number of rotatable bonds is 3. The summed E-state index contributed by atoms with van der Waals surface area (Å²) >= 11 is 0. The molecule has 84 valence electrons. The van der Waals surface area contributed by atoms with Gasteiger partial charge in [-0.25, -0.2) is 0 Å². The summed E-state index contributed by atoms with van der Waals surface area (Å²) in [6.07, 6.45) is 4.21. The van der Waals surface area contributed by atoms with Crippen molar-refractivity contribution in [2.75, 3.05) is 0 Å².